The quantitative estimate of drug-likeness (QED) is 0.788. The molecule has 0 fully saturated rings. The lowest BCUT2D eigenvalue weighted by molar-refractivity contribution is -0.230. The first-order chi connectivity index (χ1) is 11.4. The highest BCUT2D eigenvalue weighted by Gasteiger charge is 2.53. The third-order valence-electron chi connectivity index (χ3n) is 3.97. The summed E-state index contributed by atoms with van der Waals surface area (Å²) >= 11 is 0. The smallest absolute Gasteiger partial charge is 0.271 e. The number of ketones is 1. The summed E-state index contributed by atoms with van der Waals surface area (Å²) in [6, 6.07) is 8.18. The van der Waals surface area contributed by atoms with E-state index in [-0.39, 0.29) is 22.8 Å². The lowest BCUT2D eigenvalue weighted by atomic mass is 9.89. The second-order valence-electron chi connectivity index (χ2n) is 5.34. The van der Waals surface area contributed by atoms with Crippen LogP contribution in [-0.4, -0.2) is 41.4 Å². The van der Waals surface area contributed by atoms with Crippen molar-refractivity contribution in [1.29, 1.82) is 0 Å². The van der Waals surface area contributed by atoms with E-state index in [0.29, 0.717) is 5.56 Å². The number of rotatable bonds is 3. The first-order valence-electron chi connectivity index (χ1n) is 7.09. The predicted molar refractivity (Wildman–Crippen MR) is 82.3 cm³/mol. The van der Waals surface area contributed by atoms with Gasteiger partial charge < -0.3 is 29.5 Å². The molecule has 1 unspecified atom stereocenters. The summed E-state index contributed by atoms with van der Waals surface area (Å²) in [6.45, 7) is 0. The molecule has 1 aliphatic heterocycles. The minimum atomic E-state index is -1.63. The first-order valence-corrected chi connectivity index (χ1v) is 7.09. The normalized spacial score (nSPS) is 22.8. The lowest BCUT2D eigenvalue weighted by Crippen LogP contribution is -2.54. The number of phenols is 3. The zero-order valence-corrected chi connectivity index (χ0v) is 13.0. The zero-order chi connectivity index (χ0) is 17.5. The Labute approximate surface area is 137 Å². The van der Waals surface area contributed by atoms with E-state index in [1.807, 2.05) is 0 Å². The lowest BCUT2D eigenvalue weighted by Gasteiger charge is -2.41. The van der Waals surface area contributed by atoms with Gasteiger partial charge in [0.25, 0.3) is 5.79 Å². The number of benzene rings is 2. The fourth-order valence-corrected chi connectivity index (χ4v) is 2.87. The van der Waals surface area contributed by atoms with E-state index in [1.165, 1.54) is 44.6 Å². The first kappa shape index (κ1) is 16.1. The summed E-state index contributed by atoms with van der Waals surface area (Å²) in [5, 5.41) is 29.1. The molecule has 1 heterocycles. The van der Waals surface area contributed by atoms with E-state index in [9.17, 15) is 20.1 Å². The summed E-state index contributed by atoms with van der Waals surface area (Å²) in [5.41, 5.74) is 0.336. The molecule has 0 radical (unpaired) electrons. The van der Waals surface area contributed by atoms with Gasteiger partial charge in [0.1, 0.15) is 28.6 Å². The van der Waals surface area contributed by atoms with Crippen LogP contribution >= 0.6 is 0 Å². The Morgan fingerprint density at radius 3 is 2.29 bits per heavy atom. The van der Waals surface area contributed by atoms with Gasteiger partial charge in [-0.05, 0) is 24.3 Å². The molecule has 2 aromatic rings. The van der Waals surface area contributed by atoms with Gasteiger partial charge in [-0.3, -0.25) is 4.79 Å². The monoisotopic (exact) mass is 332 g/mol. The highest BCUT2D eigenvalue weighted by atomic mass is 16.7. The van der Waals surface area contributed by atoms with Crippen LogP contribution in [0.25, 0.3) is 0 Å². The van der Waals surface area contributed by atoms with Crippen LogP contribution in [0.5, 0.6) is 23.0 Å². The van der Waals surface area contributed by atoms with Crippen molar-refractivity contribution < 1.29 is 34.3 Å². The summed E-state index contributed by atoms with van der Waals surface area (Å²) in [5.74, 6) is -2.84. The maximum atomic E-state index is 12.8. The van der Waals surface area contributed by atoms with Crippen molar-refractivity contribution in [2.45, 2.75) is 11.9 Å². The molecular weight excluding hydrogens is 316 g/mol. The Bertz CT molecular complexity index is 784. The zero-order valence-electron chi connectivity index (χ0n) is 13.0. The van der Waals surface area contributed by atoms with Gasteiger partial charge in [0.2, 0.25) is 5.78 Å². The van der Waals surface area contributed by atoms with Crippen LogP contribution < -0.4 is 4.74 Å². The predicted octanol–water partition coefficient (Wildman–Crippen LogP) is 1.89. The Kier molecular flexibility index (Phi) is 3.82. The highest BCUT2D eigenvalue weighted by molar-refractivity contribution is 6.06. The fraction of sp³-hybridized carbons (Fsp3) is 0.235. The summed E-state index contributed by atoms with van der Waals surface area (Å²) in [6.07, 6.45) is -1.20. The van der Waals surface area contributed by atoms with E-state index in [1.54, 1.807) is 0 Å². The third kappa shape index (κ3) is 2.26. The summed E-state index contributed by atoms with van der Waals surface area (Å²) < 4.78 is 16.7. The van der Waals surface area contributed by atoms with Gasteiger partial charge >= 0.3 is 0 Å². The Morgan fingerprint density at radius 2 is 1.71 bits per heavy atom. The molecule has 2 atom stereocenters. The number of carbonyl (C=O) groups excluding carboxylic acids is 1. The van der Waals surface area contributed by atoms with Gasteiger partial charge in [0, 0.05) is 31.9 Å². The number of aromatic hydroxyl groups is 3. The van der Waals surface area contributed by atoms with E-state index < -0.39 is 23.4 Å². The van der Waals surface area contributed by atoms with Crippen LogP contribution in [0.1, 0.15) is 15.9 Å². The largest absolute Gasteiger partial charge is 0.508 e. The molecule has 0 saturated heterocycles. The van der Waals surface area contributed by atoms with Crippen LogP contribution in [0.3, 0.4) is 0 Å². The minimum Gasteiger partial charge on any atom is -0.508 e. The molecule has 2 aromatic carbocycles. The number of ether oxygens (including phenoxy) is 3. The Hall–Kier alpha value is -2.77. The topological polar surface area (TPSA) is 105 Å². The van der Waals surface area contributed by atoms with Gasteiger partial charge in [-0.1, -0.05) is 0 Å². The number of phenolic OH excluding ortho intramolecular Hbond substituents is 3. The van der Waals surface area contributed by atoms with Crippen molar-refractivity contribution in [2.75, 3.05) is 14.2 Å². The molecule has 0 aliphatic carbocycles. The van der Waals surface area contributed by atoms with E-state index in [2.05, 4.69) is 0 Å². The highest BCUT2D eigenvalue weighted by Crippen LogP contribution is 2.46. The van der Waals surface area contributed by atoms with Gasteiger partial charge in [0.05, 0.1) is 0 Å². The molecule has 0 spiro atoms. The molecule has 3 rings (SSSR count). The molecule has 0 aromatic heterocycles. The maximum absolute atomic E-state index is 12.8. The molecular formula is C17H16O7. The third-order valence-corrected chi connectivity index (χ3v) is 3.97. The van der Waals surface area contributed by atoms with Gasteiger partial charge in [0.15, 0.2) is 6.10 Å². The van der Waals surface area contributed by atoms with Crippen LogP contribution in [0, 0.1) is 0 Å². The molecule has 24 heavy (non-hydrogen) atoms. The van der Waals surface area contributed by atoms with E-state index in [0.717, 1.165) is 6.07 Å². The van der Waals surface area contributed by atoms with Crippen LogP contribution in [0.15, 0.2) is 36.4 Å². The number of hydrogen-bond acceptors (Lipinski definition) is 7. The fourth-order valence-electron chi connectivity index (χ4n) is 2.87. The van der Waals surface area contributed by atoms with E-state index in [4.69, 9.17) is 14.2 Å². The van der Waals surface area contributed by atoms with Crippen molar-refractivity contribution in [3.8, 4) is 23.0 Å². The number of fused-ring (bicyclic) bond motifs is 1. The molecule has 7 nitrogen and oxygen atoms in total. The van der Waals surface area contributed by atoms with E-state index >= 15 is 0 Å². The molecule has 7 heteroatoms. The standard InChI is InChI=1S/C17H16O7/c1-22-16-15(21)14-12(20)7-11(19)8-13(14)24-17(16,23-2)9-3-5-10(18)6-4-9/h3-8,16,18-20H,1-2H3/t16?,17-/m1/s1. The van der Waals surface area contributed by atoms with Crippen LogP contribution in [-0.2, 0) is 15.3 Å². The van der Waals surface area contributed by atoms with Crippen molar-refractivity contribution in [3.05, 3.63) is 47.5 Å². The Morgan fingerprint density at radius 1 is 1.04 bits per heavy atom. The molecule has 0 bridgehead atoms. The van der Waals surface area contributed by atoms with Crippen molar-refractivity contribution in [2.24, 2.45) is 0 Å². The van der Waals surface area contributed by atoms with Gasteiger partial charge in [-0.25, -0.2) is 0 Å². The van der Waals surface area contributed by atoms with Gasteiger partial charge in [-0.15, -0.1) is 0 Å². The van der Waals surface area contributed by atoms with Gasteiger partial charge in [-0.2, -0.15) is 0 Å². The summed E-state index contributed by atoms with van der Waals surface area (Å²) in [4.78, 5) is 12.8. The number of Topliss-reactive ketones (excluding diaryl/α,β-unsaturated/α-hetero) is 1. The molecule has 3 N–H and O–H groups in total. The maximum Gasteiger partial charge on any atom is 0.271 e. The Balaban J connectivity index is 2.22. The minimum absolute atomic E-state index is 0.0271. The summed E-state index contributed by atoms with van der Waals surface area (Å²) in [7, 11) is 2.67. The van der Waals surface area contributed by atoms with Crippen LogP contribution in [0.2, 0.25) is 0 Å². The molecule has 0 saturated carbocycles. The number of hydrogen-bond donors (Lipinski definition) is 3. The number of carbonyl (C=O) groups is 1. The SMILES string of the molecule is COC1C(=O)c2c(O)cc(O)cc2O[C@]1(OC)c1ccc(O)cc1. The van der Waals surface area contributed by atoms with Crippen molar-refractivity contribution in [1.82, 2.24) is 0 Å². The second-order valence-corrected chi connectivity index (χ2v) is 5.34. The van der Waals surface area contributed by atoms with Crippen molar-refractivity contribution in [3.63, 3.8) is 0 Å². The average molecular weight is 332 g/mol. The average Bonchev–Trinajstić information content (AvgIpc) is 2.54. The molecule has 126 valence electrons. The molecule has 1 aliphatic rings. The second kappa shape index (κ2) is 5.70. The van der Waals surface area contributed by atoms with Crippen molar-refractivity contribution >= 4 is 5.78 Å². The van der Waals surface area contributed by atoms with Crippen LogP contribution in [0.4, 0.5) is 0 Å². The number of methoxy groups -OCH3 is 2. The molecule has 0 amide bonds.